The van der Waals surface area contributed by atoms with Gasteiger partial charge in [-0.1, -0.05) is 25.0 Å². The lowest BCUT2D eigenvalue weighted by Gasteiger charge is -2.29. The van der Waals surface area contributed by atoms with Gasteiger partial charge in [-0.05, 0) is 44.2 Å². The van der Waals surface area contributed by atoms with E-state index in [4.69, 9.17) is 11.1 Å². The molecule has 21 heavy (non-hydrogen) atoms. The van der Waals surface area contributed by atoms with Crippen molar-refractivity contribution in [3.05, 3.63) is 35.1 Å². The number of rotatable bonds is 4. The third kappa shape index (κ3) is 3.10. The van der Waals surface area contributed by atoms with E-state index in [1.54, 1.807) is 12.1 Å². The zero-order chi connectivity index (χ0) is 14.8. The van der Waals surface area contributed by atoms with Gasteiger partial charge in [0, 0.05) is 23.7 Å². The lowest BCUT2D eigenvalue weighted by atomic mass is 9.95. The summed E-state index contributed by atoms with van der Waals surface area (Å²) in [6.07, 6.45) is 7.89. The summed E-state index contributed by atoms with van der Waals surface area (Å²) < 4.78 is 14.2. The molecule has 3 nitrogen and oxygen atoms in total. The Hall–Kier alpha value is -1.42. The van der Waals surface area contributed by atoms with Crippen LogP contribution in [-0.2, 0) is 6.54 Å². The molecule has 1 saturated carbocycles. The number of nitrogens with one attached hydrogen (secondary N) is 1. The van der Waals surface area contributed by atoms with Gasteiger partial charge in [-0.25, -0.2) is 4.39 Å². The summed E-state index contributed by atoms with van der Waals surface area (Å²) in [5, 5.41) is 7.37. The van der Waals surface area contributed by atoms with E-state index in [0.29, 0.717) is 18.2 Å². The van der Waals surface area contributed by atoms with Gasteiger partial charge in [0.05, 0.1) is 0 Å². The molecular weight excluding hydrogens is 265 g/mol. The molecule has 1 heterocycles. The standard InChI is InChI=1S/C17H24FN3/c18-15-10-13(17(19)20)7-8-14(15)11-21-9-3-6-16(21)12-4-1-2-5-12/h7-8,10,12,16H,1-6,9,11H2,(H3,19,20). The first kappa shape index (κ1) is 14.5. The number of amidine groups is 1. The number of halogens is 1. The molecule has 114 valence electrons. The topological polar surface area (TPSA) is 53.1 Å². The first-order valence-electron chi connectivity index (χ1n) is 8.02. The molecule has 0 radical (unpaired) electrons. The SMILES string of the molecule is N=C(N)c1ccc(CN2CCCC2C2CCCC2)c(F)c1. The summed E-state index contributed by atoms with van der Waals surface area (Å²) in [5.41, 5.74) is 6.60. The molecule has 0 amide bonds. The highest BCUT2D eigenvalue weighted by molar-refractivity contribution is 5.94. The van der Waals surface area contributed by atoms with E-state index in [9.17, 15) is 4.39 Å². The highest BCUT2D eigenvalue weighted by Crippen LogP contribution is 2.36. The predicted molar refractivity (Wildman–Crippen MR) is 82.8 cm³/mol. The van der Waals surface area contributed by atoms with Crippen molar-refractivity contribution in [2.24, 2.45) is 11.7 Å². The van der Waals surface area contributed by atoms with Crippen molar-refractivity contribution in [3.8, 4) is 0 Å². The Kier molecular flexibility index (Phi) is 4.24. The van der Waals surface area contributed by atoms with Crippen molar-refractivity contribution < 1.29 is 4.39 Å². The summed E-state index contributed by atoms with van der Waals surface area (Å²) in [6.45, 7) is 1.76. The monoisotopic (exact) mass is 289 g/mol. The van der Waals surface area contributed by atoms with Gasteiger partial charge >= 0.3 is 0 Å². The molecule has 0 bridgehead atoms. The van der Waals surface area contributed by atoms with Crippen LogP contribution in [0.2, 0.25) is 0 Å². The Morgan fingerprint density at radius 3 is 2.67 bits per heavy atom. The zero-order valence-corrected chi connectivity index (χ0v) is 12.4. The smallest absolute Gasteiger partial charge is 0.128 e. The molecule has 1 unspecified atom stereocenters. The summed E-state index contributed by atoms with van der Waals surface area (Å²) in [5.74, 6) is 0.497. The first-order chi connectivity index (χ1) is 10.1. The average molecular weight is 289 g/mol. The fraction of sp³-hybridized carbons (Fsp3) is 0.588. The maximum Gasteiger partial charge on any atom is 0.128 e. The van der Waals surface area contributed by atoms with Crippen LogP contribution >= 0.6 is 0 Å². The molecule has 1 atom stereocenters. The quantitative estimate of drug-likeness (QED) is 0.660. The molecule has 3 rings (SSSR count). The van der Waals surface area contributed by atoms with E-state index in [2.05, 4.69) is 4.90 Å². The molecule has 1 aromatic rings. The largest absolute Gasteiger partial charge is 0.384 e. The lowest BCUT2D eigenvalue weighted by Crippen LogP contribution is -2.34. The Labute approximate surface area is 125 Å². The number of likely N-dealkylation sites (tertiary alicyclic amines) is 1. The number of nitrogen functional groups attached to an aromatic ring is 1. The second-order valence-corrected chi connectivity index (χ2v) is 6.44. The second kappa shape index (κ2) is 6.14. The van der Waals surface area contributed by atoms with Crippen molar-refractivity contribution in [3.63, 3.8) is 0 Å². The van der Waals surface area contributed by atoms with Gasteiger partial charge in [0.1, 0.15) is 11.7 Å². The summed E-state index contributed by atoms with van der Waals surface area (Å²) in [4.78, 5) is 2.46. The Morgan fingerprint density at radius 1 is 1.24 bits per heavy atom. The minimum absolute atomic E-state index is 0.0783. The molecule has 2 fully saturated rings. The lowest BCUT2D eigenvalue weighted by molar-refractivity contribution is 0.181. The maximum absolute atomic E-state index is 14.2. The predicted octanol–water partition coefficient (Wildman–Crippen LogP) is 3.26. The minimum Gasteiger partial charge on any atom is -0.384 e. The Balaban J connectivity index is 1.71. The van der Waals surface area contributed by atoms with Crippen molar-refractivity contribution in [1.29, 1.82) is 5.41 Å². The first-order valence-corrected chi connectivity index (χ1v) is 8.02. The van der Waals surface area contributed by atoms with Crippen molar-refractivity contribution >= 4 is 5.84 Å². The van der Waals surface area contributed by atoms with E-state index in [1.807, 2.05) is 0 Å². The molecule has 0 aromatic heterocycles. The van der Waals surface area contributed by atoms with E-state index in [-0.39, 0.29) is 11.7 Å². The van der Waals surface area contributed by atoms with Gasteiger partial charge in [-0.15, -0.1) is 0 Å². The van der Waals surface area contributed by atoms with Crippen LogP contribution in [0.5, 0.6) is 0 Å². The molecule has 1 aliphatic carbocycles. The van der Waals surface area contributed by atoms with Gasteiger partial charge < -0.3 is 5.73 Å². The van der Waals surface area contributed by atoms with Crippen LogP contribution in [0.4, 0.5) is 4.39 Å². The van der Waals surface area contributed by atoms with Crippen LogP contribution in [0.1, 0.15) is 49.7 Å². The van der Waals surface area contributed by atoms with Gasteiger partial charge in [0.25, 0.3) is 0 Å². The number of nitrogens with zero attached hydrogens (tertiary/aromatic N) is 1. The average Bonchev–Trinajstić information content (AvgIpc) is 3.11. The number of hydrogen-bond acceptors (Lipinski definition) is 2. The maximum atomic E-state index is 14.2. The molecule has 0 spiro atoms. The van der Waals surface area contributed by atoms with Gasteiger partial charge in [0.15, 0.2) is 0 Å². The van der Waals surface area contributed by atoms with Crippen LogP contribution in [0.3, 0.4) is 0 Å². The third-order valence-electron chi connectivity index (χ3n) is 5.10. The molecule has 1 aliphatic heterocycles. The molecule has 3 N–H and O–H groups in total. The minimum atomic E-state index is -0.236. The van der Waals surface area contributed by atoms with E-state index < -0.39 is 0 Å². The fourth-order valence-electron chi connectivity index (χ4n) is 3.99. The van der Waals surface area contributed by atoms with E-state index in [1.165, 1.54) is 44.6 Å². The highest BCUT2D eigenvalue weighted by atomic mass is 19.1. The summed E-state index contributed by atoms with van der Waals surface area (Å²) in [7, 11) is 0. The normalized spacial score (nSPS) is 23.8. The number of benzene rings is 1. The Bertz CT molecular complexity index is 523. The van der Waals surface area contributed by atoms with Crippen LogP contribution in [0, 0.1) is 17.1 Å². The molecular formula is C17H24FN3. The number of hydrogen-bond donors (Lipinski definition) is 2. The zero-order valence-electron chi connectivity index (χ0n) is 12.4. The van der Waals surface area contributed by atoms with Crippen LogP contribution in [0.25, 0.3) is 0 Å². The van der Waals surface area contributed by atoms with Gasteiger partial charge in [0.2, 0.25) is 0 Å². The van der Waals surface area contributed by atoms with Crippen molar-refractivity contribution in [2.75, 3.05) is 6.54 Å². The number of nitrogens with two attached hydrogens (primary N) is 1. The van der Waals surface area contributed by atoms with Gasteiger partial charge in [-0.2, -0.15) is 0 Å². The molecule has 2 aliphatic rings. The second-order valence-electron chi connectivity index (χ2n) is 6.44. The third-order valence-corrected chi connectivity index (χ3v) is 5.10. The van der Waals surface area contributed by atoms with Crippen molar-refractivity contribution in [2.45, 2.75) is 51.1 Å². The molecule has 1 aromatic carbocycles. The summed E-state index contributed by atoms with van der Waals surface area (Å²) in [6, 6.07) is 5.56. The van der Waals surface area contributed by atoms with E-state index >= 15 is 0 Å². The molecule has 4 heteroatoms. The Morgan fingerprint density at radius 2 is 2.00 bits per heavy atom. The van der Waals surface area contributed by atoms with Crippen LogP contribution < -0.4 is 5.73 Å². The van der Waals surface area contributed by atoms with Crippen LogP contribution in [0.15, 0.2) is 18.2 Å². The molecule has 1 saturated heterocycles. The highest BCUT2D eigenvalue weighted by Gasteiger charge is 2.33. The van der Waals surface area contributed by atoms with E-state index in [0.717, 1.165) is 18.0 Å². The fourth-order valence-corrected chi connectivity index (χ4v) is 3.99. The van der Waals surface area contributed by atoms with Crippen molar-refractivity contribution in [1.82, 2.24) is 4.90 Å². The summed E-state index contributed by atoms with van der Waals surface area (Å²) >= 11 is 0. The van der Waals surface area contributed by atoms with Gasteiger partial charge in [-0.3, -0.25) is 10.3 Å². The van der Waals surface area contributed by atoms with Crippen LogP contribution in [-0.4, -0.2) is 23.3 Å².